The molecule has 6 nitrogen and oxygen atoms in total. The summed E-state index contributed by atoms with van der Waals surface area (Å²) in [6, 6.07) is 16.7. The molecule has 0 atom stereocenters. The molecule has 0 aliphatic heterocycles. The molecule has 0 heterocycles. The number of nitro benzene ring substituents is 1. The van der Waals surface area contributed by atoms with Gasteiger partial charge < -0.3 is 0 Å². The molecule has 6 heteroatoms. The lowest BCUT2D eigenvalue weighted by atomic mass is 9.98. The summed E-state index contributed by atoms with van der Waals surface area (Å²) in [6.07, 6.45) is 2.12. The van der Waals surface area contributed by atoms with Crippen molar-refractivity contribution >= 4 is 27.9 Å². The molecule has 1 aliphatic rings. The standard InChI is InChI=1S/C21H16N4O2/c1-13(23-24-19-10-5-14(12-22)11-20(19)25(26)27)17-9-8-16-7-6-15-3-2-4-18(17)21(15)16/h2-5,8-11,24H,6-7H2,1H3/b23-13-. The number of hydrogen-bond donors (Lipinski definition) is 1. The Kier molecular flexibility index (Phi) is 4.05. The smallest absolute Gasteiger partial charge is 0.271 e. The number of benzene rings is 3. The Hall–Kier alpha value is -3.72. The van der Waals surface area contributed by atoms with Gasteiger partial charge in [-0.2, -0.15) is 10.4 Å². The predicted octanol–water partition coefficient (Wildman–Crippen LogP) is 4.55. The quantitative estimate of drug-likeness (QED) is 0.421. The van der Waals surface area contributed by atoms with Crippen LogP contribution in [0.15, 0.2) is 53.6 Å². The van der Waals surface area contributed by atoms with E-state index in [1.807, 2.05) is 13.0 Å². The lowest BCUT2D eigenvalue weighted by Gasteiger charge is -2.09. The number of rotatable bonds is 4. The second kappa shape index (κ2) is 6.54. The molecule has 3 aromatic carbocycles. The number of nitrogens with zero attached hydrogens (tertiary/aromatic N) is 3. The second-order valence-electron chi connectivity index (χ2n) is 6.52. The molecule has 0 fully saturated rings. The molecule has 0 unspecified atom stereocenters. The van der Waals surface area contributed by atoms with Gasteiger partial charge in [-0.15, -0.1) is 0 Å². The number of hydrogen-bond acceptors (Lipinski definition) is 5. The highest BCUT2D eigenvalue weighted by Gasteiger charge is 2.17. The van der Waals surface area contributed by atoms with E-state index in [9.17, 15) is 10.1 Å². The summed E-state index contributed by atoms with van der Waals surface area (Å²) < 4.78 is 0. The Morgan fingerprint density at radius 1 is 1.19 bits per heavy atom. The summed E-state index contributed by atoms with van der Waals surface area (Å²) >= 11 is 0. The van der Waals surface area contributed by atoms with Gasteiger partial charge in [-0.1, -0.05) is 30.3 Å². The molecule has 0 bridgehead atoms. The summed E-state index contributed by atoms with van der Waals surface area (Å²) in [4.78, 5) is 10.7. The molecular formula is C21H16N4O2. The van der Waals surface area contributed by atoms with Crippen molar-refractivity contribution < 1.29 is 4.92 Å². The number of nitriles is 1. The molecule has 0 saturated heterocycles. The molecule has 0 spiro atoms. The zero-order chi connectivity index (χ0) is 19.0. The summed E-state index contributed by atoms with van der Waals surface area (Å²) in [5.41, 5.74) is 7.56. The van der Waals surface area contributed by atoms with Gasteiger partial charge in [-0.3, -0.25) is 15.5 Å². The summed E-state index contributed by atoms with van der Waals surface area (Å²) in [5, 5.41) is 27.0. The molecule has 4 rings (SSSR count). The molecule has 132 valence electrons. The van der Waals surface area contributed by atoms with Crippen LogP contribution in [0.2, 0.25) is 0 Å². The highest BCUT2D eigenvalue weighted by atomic mass is 16.6. The third-order valence-electron chi connectivity index (χ3n) is 4.93. The van der Waals surface area contributed by atoms with Crippen LogP contribution in [0.25, 0.3) is 10.8 Å². The van der Waals surface area contributed by atoms with E-state index in [1.54, 1.807) is 0 Å². The van der Waals surface area contributed by atoms with Crippen molar-refractivity contribution in [3.05, 3.63) is 80.9 Å². The van der Waals surface area contributed by atoms with Gasteiger partial charge >= 0.3 is 0 Å². The van der Waals surface area contributed by atoms with Gasteiger partial charge in [-0.05, 0) is 53.8 Å². The first-order valence-electron chi connectivity index (χ1n) is 8.61. The molecule has 0 radical (unpaired) electrons. The third-order valence-corrected chi connectivity index (χ3v) is 4.93. The van der Waals surface area contributed by atoms with E-state index in [-0.39, 0.29) is 16.9 Å². The highest BCUT2D eigenvalue weighted by molar-refractivity contribution is 6.11. The molecule has 3 aromatic rings. The lowest BCUT2D eigenvalue weighted by molar-refractivity contribution is -0.384. The van der Waals surface area contributed by atoms with E-state index in [2.05, 4.69) is 40.9 Å². The van der Waals surface area contributed by atoms with Crippen molar-refractivity contribution in [3.63, 3.8) is 0 Å². The summed E-state index contributed by atoms with van der Waals surface area (Å²) in [6.45, 7) is 1.88. The van der Waals surface area contributed by atoms with Crippen molar-refractivity contribution in [1.29, 1.82) is 5.26 Å². The number of hydrazone groups is 1. The molecule has 1 aliphatic carbocycles. The van der Waals surface area contributed by atoms with Crippen molar-refractivity contribution in [1.82, 2.24) is 0 Å². The minimum atomic E-state index is -0.521. The average molecular weight is 356 g/mol. The number of aryl methyl sites for hydroxylation is 2. The van der Waals surface area contributed by atoms with E-state index in [0.717, 1.165) is 29.5 Å². The summed E-state index contributed by atoms with van der Waals surface area (Å²) in [5.74, 6) is 0. The van der Waals surface area contributed by atoms with E-state index >= 15 is 0 Å². The maximum absolute atomic E-state index is 11.3. The zero-order valence-corrected chi connectivity index (χ0v) is 14.7. The molecule has 0 saturated carbocycles. The van der Waals surface area contributed by atoms with Gasteiger partial charge in [0.05, 0.1) is 22.3 Å². The van der Waals surface area contributed by atoms with Crippen LogP contribution in [0.3, 0.4) is 0 Å². The lowest BCUT2D eigenvalue weighted by Crippen LogP contribution is -2.03. The Bertz CT molecular complexity index is 1150. The van der Waals surface area contributed by atoms with Gasteiger partial charge in [0.2, 0.25) is 0 Å². The van der Waals surface area contributed by atoms with Crippen LogP contribution in [0.5, 0.6) is 0 Å². The van der Waals surface area contributed by atoms with Crippen molar-refractivity contribution in [2.45, 2.75) is 19.8 Å². The van der Waals surface area contributed by atoms with Crippen LogP contribution in [0.4, 0.5) is 11.4 Å². The van der Waals surface area contributed by atoms with Gasteiger partial charge in [0.25, 0.3) is 5.69 Å². The highest BCUT2D eigenvalue weighted by Crippen LogP contribution is 2.33. The minimum Gasteiger partial charge on any atom is -0.271 e. The Morgan fingerprint density at radius 3 is 2.70 bits per heavy atom. The fourth-order valence-electron chi connectivity index (χ4n) is 3.61. The maximum atomic E-state index is 11.3. The first kappa shape index (κ1) is 16.7. The third kappa shape index (κ3) is 2.89. The van der Waals surface area contributed by atoms with E-state index < -0.39 is 4.92 Å². The van der Waals surface area contributed by atoms with Gasteiger partial charge in [-0.25, -0.2) is 0 Å². The van der Waals surface area contributed by atoms with Gasteiger partial charge in [0, 0.05) is 11.6 Å². The normalized spacial score (nSPS) is 12.8. The van der Waals surface area contributed by atoms with Gasteiger partial charge in [0.15, 0.2) is 0 Å². The number of anilines is 1. The molecule has 0 amide bonds. The summed E-state index contributed by atoms with van der Waals surface area (Å²) in [7, 11) is 0. The average Bonchev–Trinajstić information content (AvgIpc) is 3.11. The van der Waals surface area contributed by atoms with Crippen LogP contribution < -0.4 is 5.43 Å². The van der Waals surface area contributed by atoms with Crippen molar-refractivity contribution in [2.75, 3.05) is 5.43 Å². The van der Waals surface area contributed by atoms with Crippen LogP contribution in [0.1, 0.15) is 29.2 Å². The van der Waals surface area contributed by atoms with Crippen LogP contribution in [-0.2, 0) is 12.8 Å². The van der Waals surface area contributed by atoms with Crippen LogP contribution in [-0.4, -0.2) is 10.6 Å². The monoisotopic (exact) mass is 356 g/mol. The Labute approximate surface area is 155 Å². The molecule has 0 aromatic heterocycles. The number of nitro groups is 1. The largest absolute Gasteiger partial charge is 0.295 e. The minimum absolute atomic E-state index is 0.175. The molecule has 27 heavy (non-hydrogen) atoms. The predicted molar refractivity (Wildman–Crippen MR) is 105 cm³/mol. The SMILES string of the molecule is C/C(=N/Nc1ccc(C#N)cc1[N+](=O)[O-])c1ccc2c3c(cccc13)CC2. The molecular weight excluding hydrogens is 340 g/mol. The Balaban J connectivity index is 1.72. The fraction of sp³-hybridized carbons (Fsp3) is 0.143. The van der Waals surface area contributed by atoms with Crippen LogP contribution >= 0.6 is 0 Å². The van der Waals surface area contributed by atoms with E-state index in [4.69, 9.17) is 5.26 Å². The second-order valence-corrected chi connectivity index (χ2v) is 6.52. The van der Waals surface area contributed by atoms with Gasteiger partial charge in [0.1, 0.15) is 5.69 Å². The fourth-order valence-corrected chi connectivity index (χ4v) is 3.61. The van der Waals surface area contributed by atoms with E-state index in [1.165, 1.54) is 34.7 Å². The maximum Gasteiger partial charge on any atom is 0.295 e. The topological polar surface area (TPSA) is 91.3 Å². The number of nitrogens with one attached hydrogen (secondary N) is 1. The van der Waals surface area contributed by atoms with Crippen molar-refractivity contribution in [2.24, 2.45) is 5.10 Å². The Morgan fingerprint density at radius 2 is 1.96 bits per heavy atom. The van der Waals surface area contributed by atoms with Crippen LogP contribution in [0, 0.1) is 21.4 Å². The first-order chi connectivity index (χ1) is 13.1. The van der Waals surface area contributed by atoms with Crippen molar-refractivity contribution in [3.8, 4) is 6.07 Å². The zero-order valence-electron chi connectivity index (χ0n) is 14.7. The van der Waals surface area contributed by atoms with E-state index in [0.29, 0.717) is 0 Å². The molecule has 1 N–H and O–H groups in total. The first-order valence-corrected chi connectivity index (χ1v) is 8.61.